The van der Waals surface area contributed by atoms with Crippen LogP contribution in [0.4, 0.5) is 0 Å². The maximum atomic E-state index is 12.8. The van der Waals surface area contributed by atoms with Crippen LogP contribution in [0.25, 0.3) is 0 Å². The molecule has 1 N–H and O–H groups in total. The molecule has 3 aromatic rings. The number of hydrogen-bond acceptors (Lipinski definition) is 4. The standard InChI is InChI=1S/C22H20ClN3O3/c23-16-4-1-3-14(9-16)12-26-19-6-2-5-18(17(19)11-24-26)25-22(27)15-7-8-20-21(10-15)29-13-28-20/h1,3-4,7-11,18H,2,5-6,12-13H2,(H,25,27)/t18-/m1/s1. The van der Waals surface area contributed by atoms with Gasteiger partial charge in [-0.05, 0) is 55.2 Å². The summed E-state index contributed by atoms with van der Waals surface area (Å²) in [5.41, 5.74) is 3.93. The summed E-state index contributed by atoms with van der Waals surface area (Å²) in [6.45, 7) is 0.858. The SMILES string of the molecule is O=C(N[C@@H]1CCCc2c1cnn2Cc1cccc(Cl)c1)c1ccc2c(c1)OCO2. The maximum absolute atomic E-state index is 12.8. The highest BCUT2D eigenvalue weighted by Crippen LogP contribution is 2.34. The molecule has 7 heteroatoms. The van der Waals surface area contributed by atoms with Crippen LogP contribution in [0, 0.1) is 0 Å². The highest BCUT2D eigenvalue weighted by Gasteiger charge is 2.26. The first kappa shape index (κ1) is 18.1. The van der Waals surface area contributed by atoms with Crippen LogP contribution in [-0.4, -0.2) is 22.5 Å². The number of fused-ring (bicyclic) bond motifs is 2. The van der Waals surface area contributed by atoms with Crippen molar-refractivity contribution in [2.75, 3.05) is 6.79 Å². The van der Waals surface area contributed by atoms with Crippen molar-refractivity contribution in [1.29, 1.82) is 0 Å². The number of nitrogens with zero attached hydrogens (tertiary/aromatic N) is 2. The van der Waals surface area contributed by atoms with Gasteiger partial charge in [-0.3, -0.25) is 9.48 Å². The summed E-state index contributed by atoms with van der Waals surface area (Å²) in [5.74, 6) is 1.16. The lowest BCUT2D eigenvalue weighted by Crippen LogP contribution is -2.31. The maximum Gasteiger partial charge on any atom is 0.251 e. The molecule has 0 spiro atoms. The Balaban J connectivity index is 1.34. The van der Waals surface area contributed by atoms with E-state index in [9.17, 15) is 4.79 Å². The van der Waals surface area contributed by atoms with Crippen LogP contribution in [0.3, 0.4) is 0 Å². The van der Waals surface area contributed by atoms with Crippen LogP contribution in [0.15, 0.2) is 48.7 Å². The van der Waals surface area contributed by atoms with Gasteiger partial charge in [0.25, 0.3) is 5.91 Å². The Morgan fingerprint density at radius 1 is 1.21 bits per heavy atom. The summed E-state index contributed by atoms with van der Waals surface area (Å²) in [7, 11) is 0. The van der Waals surface area contributed by atoms with Gasteiger partial charge in [-0.25, -0.2) is 0 Å². The van der Waals surface area contributed by atoms with Crippen molar-refractivity contribution in [2.24, 2.45) is 0 Å². The zero-order valence-electron chi connectivity index (χ0n) is 15.7. The zero-order valence-corrected chi connectivity index (χ0v) is 16.5. The number of ether oxygens (including phenoxy) is 2. The summed E-state index contributed by atoms with van der Waals surface area (Å²) in [6.07, 6.45) is 4.72. The van der Waals surface area contributed by atoms with Crippen LogP contribution < -0.4 is 14.8 Å². The number of rotatable bonds is 4. The highest BCUT2D eigenvalue weighted by atomic mass is 35.5. The van der Waals surface area contributed by atoms with E-state index in [0.717, 1.165) is 35.4 Å². The fraction of sp³-hybridized carbons (Fsp3) is 0.273. The van der Waals surface area contributed by atoms with Crippen molar-refractivity contribution >= 4 is 17.5 Å². The third-order valence-electron chi connectivity index (χ3n) is 5.42. The van der Waals surface area contributed by atoms with Crippen LogP contribution in [0.2, 0.25) is 5.02 Å². The smallest absolute Gasteiger partial charge is 0.251 e. The molecular weight excluding hydrogens is 390 g/mol. The fourth-order valence-corrected chi connectivity index (χ4v) is 4.21. The van der Waals surface area contributed by atoms with E-state index < -0.39 is 0 Å². The molecule has 1 aromatic heterocycles. The molecule has 6 nitrogen and oxygen atoms in total. The number of hydrogen-bond donors (Lipinski definition) is 1. The molecule has 2 aliphatic rings. The van der Waals surface area contributed by atoms with E-state index in [1.54, 1.807) is 18.2 Å². The van der Waals surface area contributed by atoms with Gasteiger partial charge in [-0.1, -0.05) is 23.7 Å². The van der Waals surface area contributed by atoms with Gasteiger partial charge in [0.1, 0.15) is 0 Å². The van der Waals surface area contributed by atoms with Gasteiger partial charge in [-0.15, -0.1) is 0 Å². The molecule has 1 atom stereocenters. The van der Waals surface area contributed by atoms with E-state index in [0.29, 0.717) is 23.6 Å². The second kappa shape index (κ2) is 7.44. The average Bonchev–Trinajstić information content (AvgIpc) is 3.35. The molecule has 2 aromatic carbocycles. The Hall–Kier alpha value is -2.99. The Labute approximate surface area is 173 Å². The normalized spacial score (nSPS) is 17.1. The fourth-order valence-electron chi connectivity index (χ4n) is 3.99. The van der Waals surface area contributed by atoms with Crippen LogP contribution in [0.5, 0.6) is 11.5 Å². The van der Waals surface area contributed by atoms with E-state index in [2.05, 4.69) is 10.4 Å². The molecule has 1 aliphatic carbocycles. The van der Waals surface area contributed by atoms with Crippen LogP contribution >= 0.6 is 11.6 Å². The number of carbonyl (C=O) groups excluding carboxylic acids is 1. The lowest BCUT2D eigenvalue weighted by atomic mass is 9.92. The van der Waals surface area contributed by atoms with Crippen LogP contribution in [0.1, 0.15) is 46.1 Å². The quantitative estimate of drug-likeness (QED) is 0.704. The average molecular weight is 410 g/mol. The number of benzene rings is 2. The second-order valence-electron chi connectivity index (χ2n) is 7.32. The van der Waals surface area contributed by atoms with Gasteiger partial charge >= 0.3 is 0 Å². The molecule has 0 saturated heterocycles. The van der Waals surface area contributed by atoms with Crippen molar-refractivity contribution in [3.63, 3.8) is 0 Å². The lowest BCUT2D eigenvalue weighted by molar-refractivity contribution is 0.0932. The lowest BCUT2D eigenvalue weighted by Gasteiger charge is -2.24. The van der Waals surface area contributed by atoms with E-state index >= 15 is 0 Å². The Morgan fingerprint density at radius 2 is 2.10 bits per heavy atom. The van der Waals surface area contributed by atoms with E-state index in [-0.39, 0.29) is 18.7 Å². The predicted molar refractivity (Wildman–Crippen MR) is 108 cm³/mol. The van der Waals surface area contributed by atoms with Gasteiger partial charge in [0.05, 0.1) is 18.8 Å². The molecule has 1 amide bonds. The van der Waals surface area contributed by atoms with Crippen molar-refractivity contribution in [1.82, 2.24) is 15.1 Å². The molecule has 29 heavy (non-hydrogen) atoms. The minimum atomic E-state index is -0.122. The third kappa shape index (κ3) is 3.56. The zero-order chi connectivity index (χ0) is 19.8. The minimum Gasteiger partial charge on any atom is -0.454 e. The first-order valence-corrected chi connectivity index (χ1v) is 10.0. The van der Waals surface area contributed by atoms with Gasteiger partial charge in [0, 0.05) is 21.8 Å². The highest BCUT2D eigenvalue weighted by molar-refractivity contribution is 6.30. The summed E-state index contributed by atoms with van der Waals surface area (Å²) in [6, 6.07) is 13.0. The molecule has 0 radical (unpaired) electrons. The van der Waals surface area contributed by atoms with Gasteiger partial charge in [0.2, 0.25) is 6.79 Å². The van der Waals surface area contributed by atoms with Gasteiger partial charge in [-0.2, -0.15) is 5.10 Å². The summed E-state index contributed by atoms with van der Waals surface area (Å²) in [4.78, 5) is 12.8. The Morgan fingerprint density at radius 3 is 3.00 bits per heavy atom. The molecule has 0 saturated carbocycles. The number of carbonyl (C=O) groups is 1. The molecule has 148 valence electrons. The third-order valence-corrected chi connectivity index (χ3v) is 5.66. The van der Waals surface area contributed by atoms with E-state index in [4.69, 9.17) is 21.1 Å². The minimum absolute atomic E-state index is 0.0511. The Bertz CT molecular complexity index is 1080. The summed E-state index contributed by atoms with van der Waals surface area (Å²) >= 11 is 6.11. The molecule has 2 heterocycles. The first-order valence-electron chi connectivity index (χ1n) is 9.67. The number of aromatic nitrogens is 2. The van der Waals surface area contributed by atoms with Crippen LogP contribution in [-0.2, 0) is 13.0 Å². The largest absolute Gasteiger partial charge is 0.454 e. The molecule has 0 bridgehead atoms. The molecular formula is C22H20ClN3O3. The van der Waals surface area contributed by atoms with Gasteiger partial charge in [0.15, 0.2) is 11.5 Å². The van der Waals surface area contributed by atoms with E-state index in [1.165, 1.54) is 5.69 Å². The topological polar surface area (TPSA) is 65.4 Å². The summed E-state index contributed by atoms with van der Waals surface area (Å²) in [5, 5.41) is 8.46. The number of amides is 1. The molecule has 0 fully saturated rings. The Kier molecular flexibility index (Phi) is 4.64. The molecule has 5 rings (SSSR count). The molecule has 0 unspecified atom stereocenters. The second-order valence-corrected chi connectivity index (χ2v) is 7.76. The van der Waals surface area contributed by atoms with Crippen molar-refractivity contribution in [2.45, 2.75) is 31.8 Å². The van der Waals surface area contributed by atoms with Crippen molar-refractivity contribution < 1.29 is 14.3 Å². The first-order chi connectivity index (χ1) is 14.2. The summed E-state index contributed by atoms with van der Waals surface area (Å²) < 4.78 is 12.7. The van der Waals surface area contributed by atoms with Gasteiger partial charge < -0.3 is 14.8 Å². The monoisotopic (exact) mass is 409 g/mol. The number of nitrogens with one attached hydrogen (secondary N) is 1. The van der Waals surface area contributed by atoms with Crippen molar-refractivity contribution in [3.8, 4) is 11.5 Å². The predicted octanol–water partition coefficient (Wildman–Crippen LogP) is 4.12. The van der Waals surface area contributed by atoms with E-state index in [1.807, 2.05) is 35.1 Å². The van der Waals surface area contributed by atoms with Crippen molar-refractivity contribution in [3.05, 3.63) is 76.1 Å². The number of halogens is 1. The molecule has 1 aliphatic heterocycles.